The van der Waals surface area contributed by atoms with E-state index < -0.39 is 11.9 Å². The molecule has 0 aromatic heterocycles. The molecule has 5 nitrogen and oxygen atoms in total. The lowest BCUT2D eigenvalue weighted by Crippen LogP contribution is -2.11. The van der Waals surface area contributed by atoms with Crippen molar-refractivity contribution in [3.63, 3.8) is 0 Å². The second-order valence-corrected chi connectivity index (χ2v) is 6.20. The normalized spacial score (nSPS) is 12.7. The number of carbonyl (C=O) groups is 2. The van der Waals surface area contributed by atoms with E-state index in [1.165, 1.54) is 0 Å². The predicted molar refractivity (Wildman–Crippen MR) is 108 cm³/mol. The first-order chi connectivity index (χ1) is 13.0. The molecule has 0 amide bonds. The van der Waals surface area contributed by atoms with Crippen LogP contribution < -0.4 is 0 Å². The highest BCUT2D eigenvalue weighted by Gasteiger charge is 2.13. The molecule has 0 aliphatic rings. The lowest BCUT2D eigenvalue weighted by Gasteiger charge is -2.11. The highest BCUT2D eigenvalue weighted by Crippen LogP contribution is 2.19. The van der Waals surface area contributed by atoms with Crippen molar-refractivity contribution in [1.29, 1.82) is 0 Å². The monoisotopic (exact) mass is 380 g/mol. The van der Waals surface area contributed by atoms with Crippen LogP contribution in [0.1, 0.15) is 86.0 Å². The van der Waals surface area contributed by atoms with Crippen LogP contribution in [0, 0.1) is 0 Å². The Kier molecular flexibility index (Phi) is 14.9. The molecule has 0 N–H and O–H groups in total. The third-order valence-electron chi connectivity index (χ3n) is 4.03. The molecule has 0 aromatic carbocycles. The molecule has 0 unspecified atom stereocenters. The minimum absolute atomic E-state index is 0.258. The molecule has 0 atom stereocenters. The summed E-state index contributed by atoms with van der Waals surface area (Å²) in [7, 11) is 0. The van der Waals surface area contributed by atoms with Gasteiger partial charge in [-0.15, -0.1) is 0 Å². The topological polar surface area (TPSA) is 61.8 Å². The van der Waals surface area contributed by atoms with E-state index in [-0.39, 0.29) is 12.2 Å². The minimum Gasteiger partial charge on any atom is -0.463 e. The van der Waals surface area contributed by atoms with Gasteiger partial charge >= 0.3 is 11.9 Å². The number of rotatable bonds is 14. The van der Waals surface area contributed by atoms with Gasteiger partial charge in [-0.3, -0.25) is 4.89 Å². The van der Waals surface area contributed by atoms with Gasteiger partial charge in [0.1, 0.15) is 0 Å². The maximum Gasteiger partial charge on any atom is 0.379 e. The Morgan fingerprint density at radius 1 is 0.889 bits per heavy atom. The molecule has 0 aliphatic carbocycles. The van der Waals surface area contributed by atoms with Gasteiger partial charge in [0.15, 0.2) is 5.76 Å². The van der Waals surface area contributed by atoms with Crippen molar-refractivity contribution in [2.45, 2.75) is 86.0 Å². The number of esters is 1. The zero-order chi connectivity index (χ0) is 20.5. The van der Waals surface area contributed by atoms with Crippen molar-refractivity contribution in [3.05, 3.63) is 35.1 Å². The Balaban J connectivity index is 5.14. The van der Waals surface area contributed by atoms with Crippen LogP contribution in [0.4, 0.5) is 0 Å². The molecule has 5 heteroatoms. The quantitative estimate of drug-likeness (QED) is 0.0707. The van der Waals surface area contributed by atoms with Gasteiger partial charge in [0.2, 0.25) is 0 Å². The van der Waals surface area contributed by atoms with E-state index in [0.717, 1.165) is 56.6 Å². The molecular formula is C22H36O5. The van der Waals surface area contributed by atoms with E-state index in [0.29, 0.717) is 12.2 Å². The summed E-state index contributed by atoms with van der Waals surface area (Å²) >= 11 is 0. The molecule has 0 radical (unpaired) electrons. The molecule has 0 rings (SSSR count). The molecule has 0 bridgehead atoms. The Labute approximate surface area is 164 Å². The Morgan fingerprint density at radius 2 is 1.59 bits per heavy atom. The standard InChI is InChI=1S/C22H36O5/c1-6-11-13-14-16-20(18(8-3)15-12-7-2)26-27-21(23)17-19(9-4)22(24)25-10-5/h14,16-17H,6-13,15H2,1-5H3. The SMILES string of the molecule is CCCCC=CC(OOC(=O)C=C(CC)C(=O)OCC)=C(CC)CCCC. The van der Waals surface area contributed by atoms with Crippen LogP contribution in [0.5, 0.6) is 0 Å². The van der Waals surface area contributed by atoms with E-state index in [2.05, 4.69) is 20.8 Å². The van der Waals surface area contributed by atoms with Crippen molar-refractivity contribution in [3.8, 4) is 0 Å². The molecule has 0 saturated heterocycles. The summed E-state index contributed by atoms with van der Waals surface area (Å²) in [5, 5.41) is 0. The van der Waals surface area contributed by atoms with Crippen molar-refractivity contribution < 1.29 is 24.1 Å². The van der Waals surface area contributed by atoms with Crippen LogP contribution in [0.3, 0.4) is 0 Å². The lowest BCUT2D eigenvalue weighted by molar-refractivity contribution is -0.239. The average molecular weight is 381 g/mol. The summed E-state index contributed by atoms with van der Waals surface area (Å²) in [4.78, 5) is 34.1. The van der Waals surface area contributed by atoms with Gasteiger partial charge in [0, 0.05) is 11.6 Å². The summed E-state index contributed by atoms with van der Waals surface area (Å²) in [6, 6.07) is 0. The maximum atomic E-state index is 12.0. The predicted octanol–water partition coefficient (Wildman–Crippen LogP) is 5.96. The third-order valence-corrected chi connectivity index (χ3v) is 4.03. The van der Waals surface area contributed by atoms with E-state index >= 15 is 0 Å². The van der Waals surface area contributed by atoms with Crippen molar-refractivity contribution in [1.82, 2.24) is 0 Å². The van der Waals surface area contributed by atoms with Gasteiger partial charge < -0.3 is 4.74 Å². The highest BCUT2D eigenvalue weighted by molar-refractivity contribution is 5.96. The van der Waals surface area contributed by atoms with Crippen molar-refractivity contribution >= 4 is 11.9 Å². The zero-order valence-corrected chi connectivity index (χ0v) is 17.6. The summed E-state index contributed by atoms with van der Waals surface area (Å²) in [5.74, 6) is -0.646. The molecule has 154 valence electrons. The zero-order valence-electron chi connectivity index (χ0n) is 17.6. The molecule has 0 aromatic rings. The van der Waals surface area contributed by atoms with Gasteiger partial charge in [0.05, 0.1) is 6.61 Å². The summed E-state index contributed by atoms with van der Waals surface area (Å²) < 4.78 is 4.92. The molecule has 27 heavy (non-hydrogen) atoms. The Morgan fingerprint density at radius 3 is 2.15 bits per heavy atom. The fraction of sp³-hybridized carbons (Fsp3) is 0.636. The van der Waals surface area contributed by atoms with Gasteiger partial charge in [-0.2, -0.15) is 0 Å². The van der Waals surface area contributed by atoms with E-state index in [9.17, 15) is 9.59 Å². The number of unbranched alkanes of at least 4 members (excludes halogenated alkanes) is 3. The molecule has 0 aliphatic heterocycles. The molecule has 0 spiro atoms. The van der Waals surface area contributed by atoms with Gasteiger partial charge in [-0.25, -0.2) is 14.5 Å². The van der Waals surface area contributed by atoms with E-state index in [1.807, 2.05) is 12.2 Å². The molecule has 0 heterocycles. The van der Waals surface area contributed by atoms with Crippen LogP contribution in [-0.2, 0) is 24.1 Å². The minimum atomic E-state index is -0.717. The fourth-order valence-electron chi connectivity index (χ4n) is 2.36. The van der Waals surface area contributed by atoms with Crippen LogP contribution in [0.2, 0.25) is 0 Å². The lowest BCUT2D eigenvalue weighted by atomic mass is 10.0. The second-order valence-electron chi connectivity index (χ2n) is 6.20. The highest BCUT2D eigenvalue weighted by atomic mass is 17.2. The van der Waals surface area contributed by atoms with Crippen LogP contribution >= 0.6 is 0 Å². The molecule has 0 saturated carbocycles. The number of hydrogen-bond acceptors (Lipinski definition) is 5. The number of allylic oxidation sites excluding steroid dienone is 3. The van der Waals surface area contributed by atoms with Gasteiger partial charge in [-0.1, -0.05) is 53.0 Å². The van der Waals surface area contributed by atoms with Crippen LogP contribution in [-0.4, -0.2) is 18.5 Å². The molecular weight excluding hydrogens is 344 g/mol. The van der Waals surface area contributed by atoms with E-state index in [4.69, 9.17) is 14.5 Å². The number of ether oxygens (including phenoxy) is 1. The first-order valence-electron chi connectivity index (χ1n) is 10.2. The summed E-state index contributed by atoms with van der Waals surface area (Å²) in [6.45, 7) is 10.1. The fourth-order valence-corrected chi connectivity index (χ4v) is 2.36. The van der Waals surface area contributed by atoms with Crippen molar-refractivity contribution in [2.75, 3.05) is 6.61 Å². The first kappa shape index (κ1) is 25.0. The maximum absolute atomic E-state index is 12.0. The van der Waals surface area contributed by atoms with Gasteiger partial charge in [0.25, 0.3) is 0 Å². The average Bonchev–Trinajstić information content (AvgIpc) is 2.67. The Hall–Kier alpha value is -2.04. The largest absolute Gasteiger partial charge is 0.463 e. The van der Waals surface area contributed by atoms with E-state index in [1.54, 1.807) is 13.8 Å². The third kappa shape index (κ3) is 11.3. The number of hydrogen-bond donors (Lipinski definition) is 0. The smallest absolute Gasteiger partial charge is 0.379 e. The summed E-state index contributed by atoms with van der Waals surface area (Å²) in [5.41, 5.74) is 1.37. The van der Waals surface area contributed by atoms with Gasteiger partial charge in [-0.05, 0) is 50.7 Å². The van der Waals surface area contributed by atoms with Crippen LogP contribution in [0.15, 0.2) is 35.1 Å². The first-order valence-corrected chi connectivity index (χ1v) is 10.2. The second kappa shape index (κ2) is 16.2. The summed E-state index contributed by atoms with van der Waals surface area (Å²) in [6.07, 6.45) is 12.5. The number of carbonyl (C=O) groups excluding carboxylic acids is 2. The molecule has 0 fully saturated rings. The van der Waals surface area contributed by atoms with Crippen LogP contribution in [0.25, 0.3) is 0 Å². The van der Waals surface area contributed by atoms with Crippen molar-refractivity contribution in [2.24, 2.45) is 0 Å². The Bertz CT molecular complexity index is 529.